The number of allylic oxidation sites excluding steroid dienone is 8. The van der Waals surface area contributed by atoms with Gasteiger partial charge in [0.15, 0.2) is 12.3 Å². The van der Waals surface area contributed by atoms with E-state index in [1.54, 1.807) is 28.9 Å². The van der Waals surface area contributed by atoms with Crippen LogP contribution in [0.1, 0.15) is 82.9 Å². The number of carbonyl (C=O) groups is 3. The number of nitro benzene ring substituents is 2. The van der Waals surface area contributed by atoms with Gasteiger partial charge in [-0.25, -0.2) is 10.1 Å². The van der Waals surface area contributed by atoms with E-state index in [9.17, 15) is 47.6 Å². The highest BCUT2D eigenvalue weighted by atomic mass is 32.2. The predicted molar refractivity (Wildman–Crippen MR) is 236 cm³/mol. The highest BCUT2D eigenvalue weighted by molar-refractivity contribution is 7.94. The Labute approximate surface area is 378 Å². The van der Waals surface area contributed by atoms with Gasteiger partial charge in [-0.2, -0.15) is 13.0 Å². The van der Waals surface area contributed by atoms with Crippen LogP contribution in [0.25, 0.3) is 0 Å². The van der Waals surface area contributed by atoms with Crippen LogP contribution in [0, 0.1) is 20.2 Å². The molecule has 2 N–H and O–H groups in total. The molecule has 0 radical (unpaired) electrons. The maximum absolute atomic E-state index is 12.3. The number of non-ortho nitro benzene ring substituents is 2. The summed E-state index contributed by atoms with van der Waals surface area (Å²) in [5.74, 6) is -1.71. The van der Waals surface area contributed by atoms with Gasteiger partial charge in [0, 0.05) is 82.9 Å². The zero-order valence-electron chi connectivity index (χ0n) is 35.7. The minimum Gasteiger partial charge on any atom is -0.344 e. The fourth-order valence-electron chi connectivity index (χ4n) is 8.14. The van der Waals surface area contributed by atoms with Gasteiger partial charge < -0.3 is 9.74 Å². The van der Waals surface area contributed by atoms with E-state index in [2.05, 4.69) is 28.1 Å². The summed E-state index contributed by atoms with van der Waals surface area (Å²) < 4.78 is 40.5. The molecule has 19 nitrogen and oxygen atoms in total. The summed E-state index contributed by atoms with van der Waals surface area (Å²) in [5, 5.41) is 36.4. The van der Waals surface area contributed by atoms with Crippen LogP contribution < -0.4 is 4.90 Å². The molecule has 342 valence electrons. The number of amides is 2. The van der Waals surface area contributed by atoms with Crippen LogP contribution in [0.15, 0.2) is 113 Å². The average molecular weight is 933 g/mol. The number of hydrogen-bond donors (Lipinski definition) is 2. The quantitative estimate of drug-likeness (QED) is 0.0132. The molecule has 3 aromatic carbocycles. The molecule has 0 aromatic heterocycles. The van der Waals surface area contributed by atoms with Gasteiger partial charge in [0.1, 0.15) is 0 Å². The van der Waals surface area contributed by atoms with E-state index >= 15 is 0 Å². The first-order valence-corrected chi connectivity index (χ1v) is 22.5. The molecule has 1 saturated heterocycles. The number of hydrogen-bond acceptors (Lipinski definition) is 15. The molecule has 0 unspecified atom stereocenters. The molecule has 0 bridgehead atoms. The molecule has 2 amide bonds. The Bertz CT molecular complexity index is 2660. The molecule has 0 spiro atoms. The lowest BCUT2D eigenvalue weighted by Crippen LogP contribution is -2.32. The van der Waals surface area contributed by atoms with Crippen molar-refractivity contribution in [3.63, 3.8) is 0 Å². The van der Waals surface area contributed by atoms with Gasteiger partial charge in [0.2, 0.25) is 5.69 Å². The van der Waals surface area contributed by atoms with E-state index in [1.165, 1.54) is 30.3 Å². The Kier molecular flexibility index (Phi) is 14.7. The molecular formula is C44H46N5O14S2+. The standard InChI is InChI=1S/C44H45N5O14S2/c1-43(2)34-26-32(64-63-62-57)16-18-36(34)45(22-12-8-11-15-42(52)61-47-40(50)20-21-41(47)51)38(43)13-9-6-5-7-10-14-39-44(3,4)35-27-33(65(58,59)60)17-19-37(35)46(39)28-29-23-30(48(53)54)25-31(24-29)49(55)56/h5-7,9-10,13-14,16-19,23-27H,8,11-12,15,20-22,28H2,1-4H3,(H-,57,58,59,60)/p+1. The molecule has 1 fully saturated rings. The van der Waals surface area contributed by atoms with E-state index < -0.39 is 60.0 Å². The number of fused-ring (bicyclic) bond motifs is 2. The molecule has 3 aliphatic heterocycles. The summed E-state index contributed by atoms with van der Waals surface area (Å²) in [4.78, 5) is 65.5. The second-order valence-corrected chi connectivity index (χ2v) is 18.5. The van der Waals surface area contributed by atoms with Gasteiger partial charge >= 0.3 is 5.97 Å². The number of nitro groups is 2. The molecule has 65 heavy (non-hydrogen) atoms. The number of carbonyl (C=O) groups excluding carboxylic acids is 3. The van der Waals surface area contributed by atoms with E-state index in [0.29, 0.717) is 52.7 Å². The number of imide groups is 1. The van der Waals surface area contributed by atoms with Gasteiger partial charge in [0.25, 0.3) is 33.3 Å². The van der Waals surface area contributed by atoms with Crippen LogP contribution in [0.4, 0.5) is 22.7 Å². The molecule has 0 aliphatic carbocycles. The predicted octanol–water partition coefficient (Wildman–Crippen LogP) is 8.27. The van der Waals surface area contributed by atoms with Crippen LogP contribution in [0.2, 0.25) is 0 Å². The fraction of sp³-hybridized carbons (Fsp3) is 0.318. The molecule has 0 saturated carbocycles. The molecule has 21 heteroatoms. The zero-order valence-corrected chi connectivity index (χ0v) is 37.4. The minimum absolute atomic E-state index is 0.0201. The Balaban J connectivity index is 1.22. The maximum atomic E-state index is 12.3. The summed E-state index contributed by atoms with van der Waals surface area (Å²) in [6.45, 7) is 8.42. The zero-order chi connectivity index (χ0) is 47.3. The summed E-state index contributed by atoms with van der Waals surface area (Å²) in [5.41, 5.74) is 2.68. The lowest BCUT2D eigenvalue weighted by molar-refractivity contribution is -0.455. The summed E-state index contributed by atoms with van der Waals surface area (Å²) in [6, 6.07) is 13.2. The molecular weight excluding hydrogens is 887 g/mol. The van der Waals surface area contributed by atoms with Gasteiger partial charge in [0.05, 0.1) is 38.3 Å². The van der Waals surface area contributed by atoms with Gasteiger partial charge in [-0.3, -0.25) is 34.4 Å². The largest absolute Gasteiger partial charge is 0.344 e. The monoisotopic (exact) mass is 932 g/mol. The molecule has 6 rings (SSSR count). The van der Waals surface area contributed by atoms with Crippen LogP contribution in [0.5, 0.6) is 0 Å². The van der Waals surface area contributed by atoms with Crippen molar-refractivity contribution in [2.24, 2.45) is 0 Å². The van der Waals surface area contributed by atoms with E-state index in [-0.39, 0.29) is 36.3 Å². The lowest BCUT2D eigenvalue weighted by Gasteiger charge is -2.27. The summed E-state index contributed by atoms with van der Waals surface area (Å²) in [7, 11) is -4.56. The fourth-order valence-corrected chi connectivity index (χ4v) is 9.04. The van der Waals surface area contributed by atoms with Crippen molar-refractivity contribution in [1.29, 1.82) is 0 Å². The smallest absolute Gasteiger partial charge is 0.333 e. The number of benzene rings is 3. The highest BCUT2D eigenvalue weighted by Crippen LogP contribution is 2.49. The van der Waals surface area contributed by atoms with Crippen molar-refractivity contribution in [3.8, 4) is 0 Å². The van der Waals surface area contributed by atoms with Crippen LogP contribution in [0.3, 0.4) is 0 Å². The maximum Gasteiger partial charge on any atom is 0.333 e. The van der Waals surface area contributed by atoms with Crippen molar-refractivity contribution in [3.05, 3.63) is 140 Å². The van der Waals surface area contributed by atoms with Crippen molar-refractivity contribution < 1.29 is 61.2 Å². The topological polar surface area (TPSA) is 249 Å². The second-order valence-electron chi connectivity index (χ2n) is 16.3. The van der Waals surface area contributed by atoms with Gasteiger partial charge in [-0.05, 0) is 68.7 Å². The van der Waals surface area contributed by atoms with E-state index in [4.69, 9.17) is 10.1 Å². The van der Waals surface area contributed by atoms with Crippen molar-refractivity contribution >= 4 is 68.4 Å². The first-order valence-electron chi connectivity index (χ1n) is 20.3. The number of hydroxylamine groups is 2. The first-order chi connectivity index (χ1) is 30.7. The van der Waals surface area contributed by atoms with Crippen LogP contribution in [-0.4, -0.2) is 67.8 Å². The number of anilines is 1. The van der Waals surface area contributed by atoms with Gasteiger partial charge in [-0.1, -0.05) is 55.7 Å². The highest BCUT2D eigenvalue weighted by Gasteiger charge is 2.45. The summed E-state index contributed by atoms with van der Waals surface area (Å²) >= 11 is 0.850. The Hall–Kier alpha value is -6.36. The molecule has 0 atom stereocenters. The number of nitrogens with zero attached hydrogens (tertiary/aromatic N) is 5. The third-order valence-electron chi connectivity index (χ3n) is 11.3. The first kappa shape index (κ1) is 48.1. The van der Waals surface area contributed by atoms with E-state index in [1.807, 2.05) is 50.3 Å². The van der Waals surface area contributed by atoms with Crippen LogP contribution in [-0.2, 0) is 56.1 Å². The normalized spacial score (nSPS) is 17.4. The summed E-state index contributed by atoms with van der Waals surface area (Å²) in [6.07, 6.45) is 14.8. The van der Waals surface area contributed by atoms with Crippen molar-refractivity contribution in [2.75, 3.05) is 11.4 Å². The van der Waals surface area contributed by atoms with Crippen LogP contribution >= 0.6 is 12.0 Å². The third-order valence-corrected chi connectivity index (χ3v) is 12.7. The third kappa shape index (κ3) is 10.8. The van der Waals surface area contributed by atoms with E-state index in [0.717, 1.165) is 35.1 Å². The van der Waals surface area contributed by atoms with Crippen molar-refractivity contribution in [1.82, 2.24) is 5.06 Å². The lowest BCUT2D eigenvalue weighted by atomic mass is 9.81. The Morgan fingerprint density at radius 1 is 0.862 bits per heavy atom. The number of rotatable bonds is 19. The number of unbranched alkanes of at least 4 members (excludes halogenated alkanes) is 2. The second kappa shape index (κ2) is 19.8. The SMILES string of the molecule is CC1(C)C(=CC=CC=CC=CC2=[N+](Cc3cc([N+](=O)[O-])cc([N+](=O)[O-])c3)c3ccc(S(=O)(=O)O)cc3C2(C)C)N(CCCCCC(=O)ON2C(=O)CCC2=O)c2ccc(SOOO)cc21. The Morgan fingerprint density at radius 2 is 1.52 bits per heavy atom. The van der Waals surface area contributed by atoms with Crippen molar-refractivity contribution in [2.45, 2.75) is 93.4 Å². The molecule has 3 aromatic rings. The Morgan fingerprint density at radius 3 is 2.17 bits per heavy atom. The van der Waals surface area contributed by atoms with Gasteiger partial charge in [-0.15, -0.1) is 9.40 Å². The average Bonchev–Trinajstić information content (AvgIpc) is 3.76. The minimum atomic E-state index is -4.56. The molecule has 3 aliphatic rings. The molecule has 3 heterocycles.